The number of aromatic hydroxyl groups is 2. The highest BCUT2D eigenvalue weighted by atomic mass is 16.5. The topological polar surface area (TPSA) is 49.7 Å². The molecule has 2 aromatic rings. The van der Waals surface area contributed by atoms with Gasteiger partial charge in [0.1, 0.15) is 23.4 Å². The maximum Gasteiger partial charge on any atom is 0.128 e. The lowest BCUT2D eigenvalue weighted by molar-refractivity contribution is 0.238. The van der Waals surface area contributed by atoms with E-state index >= 15 is 0 Å². The van der Waals surface area contributed by atoms with E-state index in [1.807, 2.05) is 12.1 Å². The fourth-order valence-electron chi connectivity index (χ4n) is 2.11. The van der Waals surface area contributed by atoms with Gasteiger partial charge >= 0.3 is 0 Å². The molecule has 0 radical (unpaired) electrons. The van der Waals surface area contributed by atoms with Crippen molar-refractivity contribution >= 4 is 0 Å². The van der Waals surface area contributed by atoms with Crippen molar-refractivity contribution in [3.05, 3.63) is 53.6 Å². The van der Waals surface area contributed by atoms with Crippen molar-refractivity contribution in [1.29, 1.82) is 0 Å². The molecule has 1 atom stereocenters. The van der Waals surface area contributed by atoms with E-state index in [2.05, 4.69) is 0 Å². The van der Waals surface area contributed by atoms with Crippen LogP contribution in [0.2, 0.25) is 0 Å². The van der Waals surface area contributed by atoms with Gasteiger partial charge in [0.25, 0.3) is 0 Å². The molecule has 0 amide bonds. The Labute approximate surface area is 98.9 Å². The first-order valence-corrected chi connectivity index (χ1v) is 5.50. The summed E-state index contributed by atoms with van der Waals surface area (Å²) < 4.78 is 5.80. The highest BCUT2D eigenvalue weighted by molar-refractivity contribution is 5.44. The summed E-state index contributed by atoms with van der Waals surface area (Å²) in [5, 5.41) is 18.6. The number of phenols is 2. The first-order valence-electron chi connectivity index (χ1n) is 5.50. The number of fused-ring (bicyclic) bond motifs is 1. The van der Waals surface area contributed by atoms with Crippen molar-refractivity contribution in [2.75, 3.05) is 0 Å². The van der Waals surface area contributed by atoms with Crippen LogP contribution in [0, 0.1) is 0 Å². The lowest BCUT2D eigenvalue weighted by atomic mass is 10.0. The molecule has 0 spiro atoms. The van der Waals surface area contributed by atoms with Crippen molar-refractivity contribution in [3.63, 3.8) is 0 Å². The van der Waals surface area contributed by atoms with Crippen LogP contribution in [-0.2, 0) is 6.42 Å². The van der Waals surface area contributed by atoms with E-state index < -0.39 is 0 Å². The third-order valence-electron chi connectivity index (χ3n) is 2.98. The van der Waals surface area contributed by atoms with Crippen LogP contribution in [0.5, 0.6) is 17.2 Å². The molecule has 2 aromatic carbocycles. The summed E-state index contributed by atoms with van der Waals surface area (Å²) in [7, 11) is 0. The molecule has 3 rings (SSSR count). The fraction of sp³-hybridized carbons (Fsp3) is 0.143. The standard InChI is InChI=1S/C14H12O3/c15-11-3-1-9(2-4-11)14-8-10-7-12(16)5-6-13(10)17-14/h1-7,14-16H,8H2. The molecule has 0 saturated carbocycles. The number of benzene rings is 2. The van der Waals surface area contributed by atoms with Gasteiger partial charge in [-0.2, -0.15) is 0 Å². The van der Waals surface area contributed by atoms with Crippen LogP contribution in [0.15, 0.2) is 42.5 Å². The first-order chi connectivity index (χ1) is 8.22. The minimum atomic E-state index is -0.0348. The van der Waals surface area contributed by atoms with Crippen molar-refractivity contribution in [3.8, 4) is 17.2 Å². The second-order valence-electron chi connectivity index (χ2n) is 4.19. The molecule has 1 aliphatic heterocycles. The Hall–Kier alpha value is -2.16. The first kappa shape index (κ1) is 10.0. The smallest absolute Gasteiger partial charge is 0.128 e. The zero-order chi connectivity index (χ0) is 11.8. The number of hydrogen-bond donors (Lipinski definition) is 2. The number of hydrogen-bond acceptors (Lipinski definition) is 3. The number of rotatable bonds is 1. The molecule has 1 aliphatic rings. The van der Waals surface area contributed by atoms with Crippen LogP contribution in [0.3, 0.4) is 0 Å². The summed E-state index contributed by atoms with van der Waals surface area (Å²) in [6.45, 7) is 0. The van der Waals surface area contributed by atoms with Crippen LogP contribution >= 0.6 is 0 Å². The van der Waals surface area contributed by atoms with Gasteiger partial charge in [0, 0.05) is 12.0 Å². The normalized spacial score (nSPS) is 17.5. The SMILES string of the molecule is Oc1ccc(C2Cc3cc(O)ccc3O2)cc1. The number of ether oxygens (including phenoxy) is 1. The highest BCUT2D eigenvalue weighted by Gasteiger charge is 2.24. The van der Waals surface area contributed by atoms with E-state index in [9.17, 15) is 10.2 Å². The Morgan fingerprint density at radius 2 is 1.65 bits per heavy atom. The van der Waals surface area contributed by atoms with Gasteiger partial charge < -0.3 is 14.9 Å². The number of phenolic OH excluding ortho intramolecular Hbond substituents is 2. The van der Waals surface area contributed by atoms with Gasteiger partial charge in [-0.05, 0) is 35.9 Å². The quantitative estimate of drug-likeness (QED) is 0.789. The summed E-state index contributed by atoms with van der Waals surface area (Å²) in [5.41, 5.74) is 2.04. The summed E-state index contributed by atoms with van der Waals surface area (Å²) in [5.74, 6) is 1.33. The third kappa shape index (κ3) is 1.80. The van der Waals surface area contributed by atoms with Crippen molar-refractivity contribution in [2.24, 2.45) is 0 Å². The molecule has 17 heavy (non-hydrogen) atoms. The van der Waals surface area contributed by atoms with Crippen LogP contribution in [0.1, 0.15) is 17.2 Å². The molecule has 0 aromatic heterocycles. The predicted molar refractivity (Wildman–Crippen MR) is 63.3 cm³/mol. The lowest BCUT2D eigenvalue weighted by Gasteiger charge is -2.10. The lowest BCUT2D eigenvalue weighted by Crippen LogP contribution is -2.02. The van der Waals surface area contributed by atoms with Gasteiger partial charge in [-0.1, -0.05) is 12.1 Å². The van der Waals surface area contributed by atoms with Gasteiger partial charge in [0.2, 0.25) is 0 Å². The zero-order valence-corrected chi connectivity index (χ0v) is 9.13. The van der Waals surface area contributed by atoms with Gasteiger partial charge in [0.15, 0.2) is 0 Å². The maximum absolute atomic E-state index is 9.40. The molecule has 1 unspecified atom stereocenters. The molecule has 3 nitrogen and oxygen atoms in total. The van der Waals surface area contributed by atoms with Gasteiger partial charge in [-0.15, -0.1) is 0 Å². The monoisotopic (exact) mass is 228 g/mol. The van der Waals surface area contributed by atoms with Gasteiger partial charge in [-0.3, -0.25) is 0 Å². The molecular formula is C14H12O3. The minimum absolute atomic E-state index is 0.0348. The third-order valence-corrected chi connectivity index (χ3v) is 2.98. The maximum atomic E-state index is 9.40. The Morgan fingerprint density at radius 1 is 0.941 bits per heavy atom. The second kappa shape index (κ2) is 3.70. The fourth-order valence-corrected chi connectivity index (χ4v) is 2.11. The van der Waals surface area contributed by atoms with Crippen molar-refractivity contribution in [1.82, 2.24) is 0 Å². The Morgan fingerprint density at radius 3 is 2.41 bits per heavy atom. The van der Waals surface area contributed by atoms with E-state index in [0.717, 1.165) is 23.3 Å². The van der Waals surface area contributed by atoms with Gasteiger partial charge in [0.05, 0.1) is 0 Å². The Bertz CT molecular complexity index is 546. The van der Waals surface area contributed by atoms with Gasteiger partial charge in [-0.25, -0.2) is 0 Å². The second-order valence-corrected chi connectivity index (χ2v) is 4.19. The van der Waals surface area contributed by atoms with Crippen LogP contribution in [0.25, 0.3) is 0 Å². The molecule has 3 heteroatoms. The molecule has 0 fully saturated rings. The highest BCUT2D eigenvalue weighted by Crippen LogP contribution is 2.38. The van der Waals surface area contributed by atoms with Crippen LogP contribution < -0.4 is 4.74 Å². The summed E-state index contributed by atoms with van der Waals surface area (Å²) >= 11 is 0. The molecule has 1 heterocycles. The molecular weight excluding hydrogens is 216 g/mol. The average Bonchev–Trinajstić information content (AvgIpc) is 2.72. The molecule has 0 aliphatic carbocycles. The van der Waals surface area contributed by atoms with Crippen molar-refractivity contribution in [2.45, 2.75) is 12.5 Å². The van der Waals surface area contributed by atoms with E-state index in [1.165, 1.54) is 0 Å². The minimum Gasteiger partial charge on any atom is -0.508 e. The largest absolute Gasteiger partial charge is 0.508 e. The summed E-state index contributed by atoms with van der Waals surface area (Å²) in [6, 6.07) is 12.1. The van der Waals surface area contributed by atoms with E-state index in [4.69, 9.17) is 4.74 Å². The Kier molecular flexibility index (Phi) is 2.18. The summed E-state index contributed by atoms with van der Waals surface area (Å²) in [4.78, 5) is 0. The Balaban J connectivity index is 1.88. The van der Waals surface area contributed by atoms with Crippen molar-refractivity contribution < 1.29 is 14.9 Å². The van der Waals surface area contributed by atoms with E-state index in [1.54, 1.807) is 30.3 Å². The average molecular weight is 228 g/mol. The predicted octanol–water partition coefficient (Wildman–Crippen LogP) is 2.77. The van der Waals surface area contributed by atoms with Crippen LogP contribution in [0.4, 0.5) is 0 Å². The van der Waals surface area contributed by atoms with E-state index in [-0.39, 0.29) is 17.6 Å². The van der Waals surface area contributed by atoms with E-state index in [0.29, 0.717) is 0 Å². The molecule has 0 saturated heterocycles. The summed E-state index contributed by atoms with van der Waals surface area (Å²) in [6.07, 6.45) is 0.710. The molecule has 2 N–H and O–H groups in total. The molecule has 86 valence electrons. The van der Waals surface area contributed by atoms with Crippen LogP contribution in [-0.4, -0.2) is 10.2 Å². The molecule has 0 bridgehead atoms. The zero-order valence-electron chi connectivity index (χ0n) is 9.13.